The average Bonchev–Trinajstić information content (AvgIpc) is 2.43. The average molecular weight is 287 g/mol. The normalized spacial score (nSPS) is 11.5. The predicted molar refractivity (Wildman–Crippen MR) is 75.2 cm³/mol. The summed E-state index contributed by atoms with van der Waals surface area (Å²) < 4.78 is 28.4. The molecule has 0 aliphatic rings. The van der Waals surface area contributed by atoms with E-state index < -0.39 is 9.84 Å². The molecule has 1 aromatic rings. The van der Waals surface area contributed by atoms with Gasteiger partial charge in [-0.25, -0.2) is 8.42 Å². The second kappa shape index (κ2) is 8.14. The molecule has 0 saturated carbocycles. The third-order valence-electron chi connectivity index (χ3n) is 2.62. The Balaban J connectivity index is 2.37. The highest BCUT2D eigenvalue weighted by Gasteiger charge is 2.10. The van der Waals surface area contributed by atoms with E-state index in [9.17, 15) is 8.42 Å². The summed E-state index contributed by atoms with van der Waals surface area (Å²) in [5.74, 6) is 0.113. The maximum absolute atomic E-state index is 11.6. The number of hydrogen-bond acceptors (Lipinski definition) is 5. The molecule has 0 aliphatic carbocycles. The smallest absolute Gasteiger partial charge is 0.178 e. The molecule has 108 valence electrons. The van der Waals surface area contributed by atoms with Gasteiger partial charge in [0.15, 0.2) is 9.84 Å². The summed E-state index contributed by atoms with van der Waals surface area (Å²) in [4.78, 5) is 0.354. The van der Waals surface area contributed by atoms with Crippen LogP contribution in [0.2, 0.25) is 0 Å². The van der Waals surface area contributed by atoms with Crippen LogP contribution in [0.4, 0.5) is 5.69 Å². The molecule has 0 heterocycles. The molecule has 2 N–H and O–H groups in total. The molecule has 0 saturated heterocycles. The van der Waals surface area contributed by atoms with Crippen molar-refractivity contribution in [1.29, 1.82) is 0 Å². The van der Waals surface area contributed by atoms with Gasteiger partial charge >= 0.3 is 0 Å². The van der Waals surface area contributed by atoms with Crippen LogP contribution in [-0.2, 0) is 14.6 Å². The fourth-order valence-electron chi connectivity index (χ4n) is 1.52. The van der Waals surface area contributed by atoms with Crippen LogP contribution >= 0.6 is 0 Å². The lowest BCUT2D eigenvalue weighted by Gasteiger charge is -2.07. The van der Waals surface area contributed by atoms with Gasteiger partial charge in [-0.15, -0.1) is 0 Å². The zero-order valence-corrected chi connectivity index (χ0v) is 11.9. The van der Waals surface area contributed by atoms with Gasteiger partial charge in [0.25, 0.3) is 0 Å². The van der Waals surface area contributed by atoms with Gasteiger partial charge in [-0.05, 0) is 30.7 Å². The monoisotopic (exact) mass is 287 g/mol. The minimum Gasteiger partial charge on any atom is -0.394 e. The Labute approximate surface area is 114 Å². The Morgan fingerprint density at radius 1 is 1.21 bits per heavy atom. The van der Waals surface area contributed by atoms with Gasteiger partial charge in [0.05, 0.1) is 23.9 Å². The number of hydrogen-bond donors (Lipinski definition) is 2. The molecule has 1 rings (SSSR count). The zero-order valence-electron chi connectivity index (χ0n) is 11.1. The molecular formula is C13H21NO4S. The number of sulfone groups is 1. The van der Waals surface area contributed by atoms with Crippen molar-refractivity contribution < 1.29 is 18.3 Å². The molecule has 19 heavy (non-hydrogen) atoms. The van der Waals surface area contributed by atoms with Crippen molar-refractivity contribution in [3.05, 3.63) is 24.3 Å². The summed E-state index contributed by atoms with van der Waals surface area (Å²) in [6.45, 7) is 3.37. The fraction of sp³-hybridized carbons (Fsp3) is 0.538. The number of nitrogens with one attached hydrogen (secondary N) is 1. The van der Waals surface area contributed by atoms with Crippen molar-refractivity contribution >= 4 is 15.5 Å². The van der Waals surface area contributed by atoms with Gasteiger partial charge in [0.1, 0.15) is 0 Å². The van der Waals surface area contributed by atoms with Gasteiger partial charge in [0, 0.05) is 18.8 Å². The first-order valence-corrected chi connectivity index (χ1v) is 8.00. The first-order valence-electron chi connectivity index (χ1n) is 6.35. The number of anilines is 1. The van der Waals surface area contributed by atoms with Crippen LogP contribution in [0.25, 0.3) is 0 Å². The summed E-state index contributed by atoms with van der Waals surface area (Å²) in [6.07, 6.45) is 0.828. The second-order valence-corrected chi connectivity index (χ2v) is 6.32. The van der Waals surface area contributed by atoms with Crippen molar-refractivity contribution in [3.8, 4) is 0 Å². The number of aliphatic hydroxyl groups excluding tert-OH is 1. The summed E-state index contributed by atoms with van der Waals surface area (Å²) >= 11 is 0. The van der Waals surface area contributed by atoms with E-state index in [1.165, 1.54) is 0 Å². The molecule has 0 aromatic heterocycles. The van der Waals surface area contributed by atoms with Crippen LogP contribution in [-0.4, -0.2) is 45.6 Å². The Hall–Kier alpha value is -1.11. The molecule has 0 unspecified atom stereocenters. The molecule has 5 nitrogen and oxygen atoms in total. The van der Waals surface area contributed by atoms with Crippen molar-refractivity contribution in [1.82, 2.24) is 0 Å². The van der Waals surface area contributed by atoms with E-state index in [1.807, 2.05) is 0 Å². The molecular weight excluding hydrogens is 266 g/mol. The van der Waals surface area contributed by atoms with Crippen LogP contribution in [0, 0.1) is 0 Å². The number of aliphatic hydroxyl groups is 1. The molecule has 0 spiro atoms. The lowest BCUT2D eigenvalue weighted by molar-refractivity contribution is 0.0922. The molecule has 1 aromatic carbocycles. The Morgan fingerprint density at radius 3 is 2.47 bits per heavy atom. The topological polar surface area (TPSA) is 75.6 Å². The van der Waals surface area contributed by atoms with Crippen LogP contribution in [0.5, 0.6) is 0 Å². The predicted octanol–water partition coefficient (Wildman–Crippen LogP) is 1.29. The number of ether oxygens (including phenoxy) is 1. The van der Waals surface area contributed by atoms with Crippen molar-refractivity contribution in [2.24, 2.45) is 0 Å². The minimum absolute atomic E-state index is 0.0425. The summed E-state index contributed by atoms with van der Waals surface area (Å²) in [5, 5.41) is 11.7. The Bertz CT molecular complexity index is 456. The van der Waals surface area contributed by atoms with E-state index in [2.05, 4.69) is 5.32 Å². The Kier molecular flexibility index (Phi) is 6.83. The van der Waals surface area contributed by atoms with Gasteiger partial charge in [-0.1, -0.05) is 6.92 Å². The summed E-state index contributed by atoms with van der Waals surface area (Å²) in [6, 6.07) is 6.75. The lowest BCUT2D eigenvalue weighted by atomic mass is 10.3. The maximum Gasteiger partial charge on any atom is 0.178 e. The van der Waals surface area contributed by atoms with Crippen LogP contribution < -0.4 is 5.32 Å². The van der Waals surface area contributed by atoms with Crippen molar-refractivity contribution in [2.75, 3.05) is 37.4 Å². The van der Waals surface area contributed by atoms with E-state index in [-0.39, 0.29) is 12.4 Å². The highest BCUT2D eigenvalue weighted by Crippen LogP contribution is 2.15. The van der Waals surface area contributed by atoms with Gasteiger partial charge in [-0.2, -0.15) is 0 Å². The quantitative estimate of drug-likeness (QED) is 0.669. The van der Waals surface area contributed by atoms with E-state index in [0.717, 1.165) is 18.7 Å². The summed E-state index contributed by atoms with van der Waals surface area (Å²) in [5.41, 5.74) is 0.886. The third-order valence-corrected chi connectivity index (χ3v) is 4.37. The standard InChI is InChI=1S/C13H21NO4S/c1-2-19(16,17)13-6-4-12(5-7-13)14-8-3-10-18-11-9-15/h4-7,14-15H,2-3,8-11H2,1H3. The first kappa shape index (κ1) is 15.9. The van der Waals surface area contributed by atoms with Crippen molar-refractivity contribution in [3.63, 3.8) is 0 Å². The highest BCUT2D eigenvalue weighted by atomic mass is 32.2. The molecule has 0 radical (unpaired) electrons. The van der Waals surface area contributed by atoms with Gasteiger partial charge < -0.3 is 15.2 Å². The molecule has 0 amide bonds. The molecule has 0 fully saturated rings. The van der Waals surface area contributed by atoms with Crippen LogP contribution in [0.1, 0.15) is 13.3 Å². The first-order chi connectivity index (χ1) is 9.10. The molecule has 0 atom stereocenters. The highest BCUT2D eigenvalue weighted by molar-refractivity contribution is 7.91. The summed E-state index contributed by atoms with van der Waals surface area (Å²) in [7, 11) is -3.12. The Morgan fingerprint density at radius 2 is 1.89 bits per heavy atom. The van der Waals surface area contributed by atoms with Crippen LogP contribution in [0.3, 0.4) is 0 Å². The molecule has 0 aliphatic heterocycles. The van der Waals surface area contributed by atoms with Gasteiger partial charge in [0.2, 0.25) is 0 Å². The van der Waals surface area contributed by atoms with Crippen LogP contribution in [0.15, 0.2) is 29.2 Å². The van der Waals surface area contributed by atoms with Crippen molar-refractivity contribution in [2.45, 2.75) is 18.2 Å². The number of rotatable bonds is 9. The molecule has 6 heteroatoms. The third kappa shape index (κ3) is 5.59. The van der Waals surface area contributed by atoms with E-state index >= 15 is 0 Å². The maximum atomic E-state index is 11.6. The second-order valence-electron chi connectivity index (χ2n) is 4.04. The van der Waals surface area contributed by atoms with Gasteiger partial charge in [-0.3, -0.25) is 0 Å². The minimum atomic E-state index is -3.12. The van der Waals surface area contributed by atoms with E-state index in [0.29, 0.717) is 18.1 Å². The molecule has 0 bridgehead atoms. The van der Waals surface area contributed by atoms with E-state index in [1.54, 1.807) is 31.2 Å². The lowest BCUT2D eigenvalue weighted by Crippen LogP contribution is -2.08. The zero-order chi connectivity index (χ0) is 14.1. The SMILES string of the molecule is CCS(=O)(=O)c1ccc(NCCCOCCO)cc1. The number of benzene rings is 1. The van der Waals surface area contributed by atoms with E-state index in [4.69, 9.17) is 9.84 Å². The largest absolute Gasteiger partial charge is 0.394 e. The fourth-order valence-corrected chi connectivity index (χ4v) is 2.40.